The molecule has 0 bridgehead atoms. The Morgan fingerprint density at radius 1 is 1.39 bits per heavy atom. The molecule has 2 rings (SSSR count). The zero-order chi connectivity index (χ0) is 12.8. The van der Waals surface area contributed by atoms with Crippen LogP contribution in [0.15, 0.2) is 35.2 Å². The number of carbonyl (C=O) groups is 1. The van der Waals surface area contributed by atoms with Crippen LogP contribution in [0.5, 0.6) is 0 Å². The molecular formula is C11H12N4OS2. The Hall–Kier alpha value is -1.47. The highest BCUT2D eigenvalue weighted by Crippen LogP contribution is 2.23. The molecule has 94 valence electrons. The molecule has 2 heterocycles. The third-order valence-corrected chi connectivity index (χ3v) is 4.06. The van der Waals surface area contributed by atoms with Gasteiger partial charge in [0.25, 0.3) is 0 Å². The van der Waals surface area contributed by atoms with E-state index in [2.05, 4.69) is 20.3 Å². The largest absolute Gasteiger partial charge is 0.301 e. The van der Waals surface area contributed by atoms with Gasteiger partial charge in [0.05, 0.1) is 5.25 Å². The number of thioether (sulfide) groups is 1. The van der Waals surface area contributed by atoms with E-state index < -0.39 is 0 Å². The Kier molecular flexibility index (Phi) is 4.66. The minimum atomic E-state index is -0.212. The van der Waals surface area contributed by atoms with Crippen LogP contribution >= 0.6 is 23.1 Å². The van der Waals surface area contributed by atoms with Crippen molar-refractivity contribution in [1.29, 1.82) is 0 Å². The summed E-state index contributed by atoms with van der Waals surface area (Å²) >= 11 is 2.76. The van der Waals surface area contributed by atoms with E-state index in [1.807, 2.05) is 12.3 Å². The molecule has 18 heavy (non-hydrogen) atoms. The van der Waals surface area contributed by atoms with Crippen molar-refractivity contribution in [3.05, 3.63) is 30.0 Å². The van der Waals surface area contributed by atoms with E-state index in [1.54, 1.807) is 24.7 Å². The van der Waals surface area contributed by atoms with E-state index in [0.29, 0.717) is 16.7 Å². The van der Waals surface area contributed by atoms with Crippen molar-refractivity contribution in [2.45, 2.75) is 23.8 Å². The molecule has 0 saturated carbocycles. The van der Waals surface area contributed by atoms with Crippen molar-refractivity contribution in [1.82, 2.24) is 15.0 Å². The van der Waals surface area contributed by atoms with Crippen molar-refractivity contribution < 1.29 is 4.79 Å². The molecule has 0 fully saturated rings. The Balaban J connectivity index is 1.98. The lowest BCUT2D eigenvalue weighted by atomic mass is 10.3. The number of amides is 1. The molecule has 0 radical (unpaired) electrons. The Labute approximate surface area is 113 Å². The molecule has 0 aromatic carbocycles. The third-order valence-electron chi connectivity index (χ3n) is 2.12. The lowest BCUT2D eigenvalue weighted by Gasteiger charge is -2.11. The Bertz CT molecular complexity index is 489. The molecule has 0 saturated heterocycles. The standard InChI is InChI=1S/C11H12N4OS2/c1-2-8(18-10-12-4-3-5-13-10)9(16)15-11-14-6-7-17-11/h3-8H,2H2,1H3,(H,14,15,16)/t8-/m1/s1. The number of hydrogen-bond acceptors (Lipinski definition) is 6. The second-order valence-electron chi connectivity index (χ2n) is 3.37. The summed E-state index contributed by atoms with van der Waals surface area (Å²) in [5, 5.41) is 5.63. The van der Waals surface area contributed by atoms with Crippen molar-refractivity contribution in [3.63, 3.8) is 0 Å². The number of carbonyl (C=O) groups excluding carboxylic acids is 1. The minimum absolute atomic E-state index is 0.0649. The highest BCUT2D eigenvalue weighted by molar-refractivity contribution is 8.00. The fourth-order valence-corrected chi connectivity index (χ4v) is 2.63. The molecule has 1 N–H and O–H groups in total. The summed E-state index contributed by atoms with van der Waals surface area (Å²) in [7, 11) is 0. The van der Waals surface area contributed by atoms with Crippen molar-refractivity contribution >= 4 is 34.1 Å². The molecule has 5 nitrogen and oxygen atoms in total. The molecule has 7 heteroatoms. The van der Waals surface area contributed by atoms with Crippen LogP contribution in [0.3, 0.4) is 0 Å². The second-order valence-corrected chi connectivity index (χ2v) is 5.44. The zero-order valence-electron chi connectivity index (χ0n) is 9.74. The summed E-state index contributed by atoms with van der Waals surface area (Å²) in [5.74, 6) is -0.0649. The van der Waals surface area contributed by atoms with Gasteiger partial charge in [-0.3, -0.25) is 4.79 Å². The van der Waals surface area contributed by atoms with Crippen LogP contribution in [0.4, 0.5) is 5.13 Å². The lowest BCUT2D eigenvalue weighted by Crippen LogP contribution is -2.24. The van der Waals surface area contributed by atoms with E-state index in [9.17, 15) is 4.79 Å². The van der Waals surface area contributed by atoms with Crippen LogP contribution in [0.25, 0.3) is 0 Å². The molecule has 1 atom stereocenters. The number of rotatable bonds is 5. The molecule has 0 aliphatic heterocycles. The van der Waals surface area contributed by atoms with Gasteiger partial charge in [0, 0.05) is 24.0 Å². The molecule has 0 aliphatic carbocycles. The Morgan fingerprint density at radius 2 is 2.17 bits per heavy atom. The summed E-state index contributed by atoms with van der Waals surface area (Å²) in [6.45, 7) is 1.96. The van der Waals surface area contributed by atoms with E-state index in [-0.39, 0.29) is 11.2 Å². The van der Waals surface area contributed by atoms with Crippen molar-refractivity contribution in [2.75, 3.05) is 5.32 Å². The SMILES string of the molecule is CC[C@@H](Sc1ncccn1)C(=O)Nc1nccs1. The maximum atomic E-state index is 12.0. The van der Waals surface area contributed by atoms with Crippen LogP contribution in [-0.2, 0) is 4.79 Å². The van der Waals surface area contributed by atoms with Crippen molar-refractivity contribution in [2.24, 2.45) is 0 Å². The van der Waals surface area contributed by atoms with Crippen LogP contribution in [0, 0.1) is 0 Å². The average molecular weight is 280 g/mol. The normalized spacial score (nSPS) is 12.1. The highest BCUT2D eigenvalue weighted by Gasteiger charge is 2.19. The highest BCUT2D eigenvalue weighted by atomic mass is 32.2. The molecule has 0 unspecified atom stereocenters. The number of hydrogen-bond donors (Lipinski definition) is 1. The van der Waals surface area contributed by atoms with Gasteiger partial charge in [-0.25, -0.2) is 15.0 Å². The molecule has 2 aromatic rings. The topological polar surface area (TPSA) is 67.8 Å². The predicted octanol–water partition coefficient (Wildman–Crippen LogP) is 2.44. The van der Waals surface area contributed by atoms with Gasteiger partial charge in [-0.15, -0.1) is 11.3 Å². The maximum Gasteiger partial charge on any atom is 0.239 e. The summed E-state index contributed by atoms with van der Waals surface area (Å²) in [6, 6.07) is 1.75. The number of nitrogens with zero attached hydrogens (tertiary/aromatic N) is 3. The van der Waals surface area contributed by atoms with Gasteiger partial charge in [0.2, 0.25) is 5.91 Å². The van der Waals surface area contributed by atoms with Crippen molar-refractivity contribution in [3.8, 4) is 0 Å². The first-order chi connectivity index (χ1) is 8.79. The van der Waals surface area contributed by atoms with Crippen LogP contribution in [0.1, 0.15) is 13.3 Å². The van der Waals surface area contributed by atoms with Gasteiger partial charge < -0.3 is 5.32 Å². The number of aromatic nitrogens is 3. The van der Waals surface area contributed by atoms with E-state index in [0.717, 1.165) is 0 Å². The Morgan fingerprint density at radius 3 is 2.78 bits per heavy atom. The van der Waals surface area contributed by atoms with Crippen LogP contribution < -0.4 is 5.32 Å². The fraction of sp³-hybridized carbons (Fsp3) is 0.273. The monoisotopic (exact) mass is 280 g/mol. The predicted molar refractivity (Wildman–Crippen MR) is 72.7 cm³/mol. The average Bonchev–Trinajstić information content (AvgIpc) is 2.90. The van der Waals surface area contributed by atoms with Gasteiger partial charge in [-0.2, -0.15) is 0 Å². The van der Waals surface area contributed by atoms with Gasteiger partial charge in [-0.1, -0.05) is 18.7 Å². The van der Waals surface area contributed by atoms with Gasteiger partial charge in [0.1, 0.15) is 0 Å². The molecular weight excluding hydrogens is 268 g/mol. The second kappa shape index (κ2) is 6.46. The van der Waals surface area contributed by atoms with Gasteiger partial charge in [0.15, 0.2) is 10.3 Å². The first-order valence-corrected chi connectivity index (χ1v) is 7.19. The fourth-order valence-electron chi connectivity index (χ4n) is 1.27. The van der Waals surface area contributed by atoms with E-state index in [4.69, 9.17) is 0 Å². The zero-order valence-corrected chi connectivity index (χ0v) is 11.4. The van der Waals surface area contributed by atoms with Crippen LogP contribution in [-0.4, -0.2) is 26.1 Å². The van der Waals surface area contributed by atoms with E-state index >= 15 is 0 Å². The molecule has 1 amide bonds. The summed E-state index contributed by atoms with van der Waals surface area (Å²) in [4.78, 5) is 24.3. The summed E-state index contributed by atoms with van der Waals surface area (Å²) in [6.07, 6.45) is 5.70. The number of thiazole rings is 1. The molecule has 2 aromatic heterocycles. The smallest absolute Gasteiger partial charge is 0.239 e. The van der Waals surface area contributed by atoms with Gasteiger partial charge >= 0.3 is 0 Å². The van der Waals surface area contributed by atoms with Crippen LogP contribution in [0.2, 0.25) is 0 Å². The van der Waals surface area contributed by atoms with E-state index in [1.165, 1.54) is 23.1 Å². The first-order valence-electron chi connectivity index (χ1n) is 5.43. The number of anilines is 1. The summed E-state index contributed by atoms with van der Waals surface area (Å²) < 4.78 is 0. The third kappa shape index (κ3) is 3.51. The van der Waals surface area contributed by atoms with Gasteiger partial charge in [-0.05, 0) is 12.5 Å². The molecule has 0 aliphatic rings. The first kappa shape index (κ1) is 13.0. The summed E-state index contributed by atoms with van der Waals surface area (Å²) in [5.41, 5.74) is 0. The minimum Gasteiger partial charge on any atom is -0.301 e. The molecule has 0 spiro atoms. The quantitative estimate of drug-likeness (QED) is 0.673. The lowest BCUT2D eigenvalue weighted by molar-refractivity contribution is -0.115. The maximum absolute atomic E-state index is 12.0. The number of nitrogens with one attached hydrogen (secondary N) is 1.